The van der Waals surface area contributed by atoms with Gasteiger partial charge in [0.15, 0.2) is 11.9 Å². The van der Waals surface area contributed by atoms with Crippen molar-refractivity contribution in [1.29, 1.82) is 0 Å². The molecule has 1 fully saturated rings. The van der Waals surface area contributed by atoms with Gasteiger partial charge in [-0.1, -0.05) is 12.1 Å². The second kappa shape index (κ2) is 9.12. The number of nitrogens with zero attached hydrogens (tertiary/aromatic N) is 2. The van der Waals surface area contributed by atoms with Crippen LogP contribution >= 0.6 is 0 Å². The summed E-state index contributed by atoms with van der Waals surface area (Å²) in [6, 6.07) is 6.15. The number of para-hydroxylation sites is 1. The summed E-state index contributed by atoms with van der Waals surface area (Å²) in [6.07, 6.45) is -0.859. The Labute approximate surface area is 162 Å². The molecule has 9 heteroatoms. The fourth-order valence-corrected chi connectivity index (χ4v) is 2.71. The van der Waals surface area contributed by atoms with Gasteiger partial charge in [0.1, 0.15) is 6.54 Å². The van der Waals surface area contributed by atoms with Crippen molar-refractivity contribution in [3.05, 3.63) is 29.8 Å². The minimum absolute atomic E-state index is 0.0300. The molecule has 1 aliphatic heterocycles. The molecule has 1 saturated heterocycles. The number of ketones is 1. The van der Waals surface area contributed by atoms with E-state index in [0.717, 1.165) is 4.90 Å². The Balaban J connectivity index is 1.80. The van der Waals surface area contributed by atoms with Crippen molar-refractivity contribution in [3.8, 4) is 0 Å². The zero-order valence-electron chi connectivity index (χ0n) is 16.1. The van der Waals surface area contributed by atoms with Crippen LogP contribution in [0.4, 0.5) is 10.5 Å². The van der Waals surface area contributed by atoms with Gasteiger partial charge in [0, 0.05) is 25.6 Å². The summed E-state index contributed by atoms with van der Waals surface area (Å²) in [6.45, 7) is 2.96. The van der Waals surface area contributed by atoms with E-state index in [0.29, 0.717) is 11.3 Å². The second-order valence-electron chi connectivity index (χ2n) is 6.51. The van der Waals surface area contributed by atoms with Crippen LogP contribution < -0.4 is 5.32 Å². The minimum Gasteiger partial charge on any atom is -0.453 e. The molecule has 150 valence electrons. The number of esters is 1. The van der Waals surface area contributed by atoms with Crippen LogP contribution in [0.5, 0.6) is 0 Å². The van der Waals surface area contributed by atoms with E-state index in [-0.39, 0.29) is 37.6 Å². The Morgan fingerprint density at radius 3 is 2.50 bits per heavy atom. The molecule has 1 aromatic rings. The predicted molar refractivity (Wildman–Crippen MR) is 99.6 cm³/mol. The number of Topliss-reactive ketones (excluding diaryl/α,β-unsaturated/α-hetero) is 1. The highest BCUT2D eigenvalue weighted by Crippen LogP contribution is 2.16. The van der Waals surface area contributed by atoms with Gasteiger partial charge in [-0.3, -0.25) is 24.1 Å². The van der Waals surface area contributed by atoms with Crippen LogP contribution in [0.15, 0.2) is 24.3 Å². The van der Waals surface area contributed by atoms with Crippen LogP contribution in [0.25, 0.3) is 0 Å². The Bertz CT molecular complexity index is 807. The van der Waals surface area contributed by atoms with Crippen LogP contribution in [-0.2, 0) is 19.1 Å². The number of hydrogen-bond donors (Lipinski definition) is 1. The maximum Gasteiger partial charge on any atom is 0.326 e. The van der Waals surface area contributed by atoms with Crippen LogP contribution in [0.2, 0.25) is 0 Å². The number of anilines is 1. The Kier molecular flexibility index (Phi) is 6.86. The maximum atomic E-state index is 12.2. The SMILES string of the molecule is CC(=O)c1ccccc1NC(=O)[C@H](C)OC(=O)CCCN1C(=O)CN(C)C1=O. The smallest absolute Gasteiger partial charge is 0.326 e. The largest absolute Gasteiger partial charge is 0.453 e. The molecule has 9 nitrogen and oxygen atoms in total. The predicted octanol–water partition coefficient (Wildman–Crippen LogP) is 1.43. The number of benzene rings is 1. The van der Waals surface area contributed by atoms with Gasteiger partial charge in [0.2, 0.25) is 5.91 Å². The molecule has 1 aromatic carbocycles. The molecule has 0 bridgehead atoms. The third-order valence-electron chi connectivity index (χ3n) is 4.24. The van der Waals surface area contributed by atoms with Gasteiger partial charge in [-0.25, -0.2) is 4.79 Å². The third kappa shape index (κ3) is 5.15. The van der Waals surface area contributed by atoms with Gasteiger partial charge in [-0.2, -0.15) is 0 Å². The third-order valence-corrected chi connectivity index (χ3v) is 4.24. The van der Waals surface area contributed by atoms with Gasteiger partial charge < -0.3 is 15.0 Å². The van der Waals surface area contributed by atoms with Gasteiger partial charge in [0.05, 0.1) is 5.69 Å². The van der Waals surface area contributed by atoms with Crippen LogP contribution in [-0.4, -0.2) is 65.6 Å². The van der Waals surface area contributed by atoms with E-state index in [2.05, 4.69) is 5.32 Å². The lowest BCUT2D eigenvalue weighted by Crippen LogP contribution is -2.33. The van der Waals surface area contributed by atoms with E-state index in [4.69, 9.17) is 4.74 Å². The number of hydrogen-bond acceptors (Lipinski definition) is 6. The number of amides is 4. The first-order valence-corrected chi connectivity index (χ1v) is 8.86. The molecule has 28 heavy (non-hydrogen) atoms. The Hall–Kier alpha value is -3.23. The molecular weight excluding hydrogens is 366 g/mol. The van der Waals surface area contributed by atoms with Crippen LogP contribution in [0, 0.1) is 0 Å². The summed E-state index contributed by atoms with van der Waals surface area (Å²) >= 11 is 0. The summed E-state index contributed by atoms with van der Waals surface area (Å²) in [4.78, 5) is 61.5. The lowest BCUT2D eigenvalue weighted by atomic mass is 10.1. The highest BCUT2D eigenvalue weighted by molar-refractivity contribution is 6.04. The molecule has 0 unspecified atom stereocenters. The molecule has 4 amide bonds. The van der Waals surface area contributed by atoms with Gasteiger partial charge in [-0.15, -0.1) is 0 Å². The Morgan fingerprint density at radius 2 is 1.89 bits per heavy atom. The number of carbonyl (C=O) groups is 5. The van der Waals surface area contributed by atoms with Crippen molar-refractivity contribution >= 4 is 35.3 Å². The molecule has 0 aromatic heterocycles. The zero-order chi connectivity index (χ0) is 20.8. The molecule has 0 radical (unpaired) electrons. The summed E-state index contributed by atoms with van der Waals surface area (Å²) in [5.41, 5.74) is 0.706. The molecule has 1 heterocycles. The maximum absolute atomic E-state index is 12.2. The number of rotatable bonds is 8. The van der Waals surface area contributed by atoms with E-state index in [1.165, 1.54) is 25.8 Å². The summed E-state index contributed by atoms with van der Waals surface area (Å²) in [5, 5.41) is 2.57. The summed E-state index contributed by atoms with van der Waals surface area (Å²) in [7, 11) is 1.53. The van der Waals surface area contributed by atoms with Crippen molar-refractivity contribution in [3.63, 3.8) is 0 Å². The van der Waals surface area contributed by atoms with Gasteiger partial charge in [0.25, 0.3) is 5.91 Å². The topological polar surface area (TPSA) is 113 Å². The lowest BCUT2D eigenvalue weighted by molar-refractivity contribution is -0.153. The van der Waals surface area contributed by atoms with Crippen LogP contribution in [0.3, 0.4) is 0 Å². The molecule has 1 atom stereocenters. The summed E-state index contributed by atoms with van der Waals surface area (Å²) < 4.78 is 5.09. The second-order valence-corrected chi connectivity index (χ2v) is 6.51. The molecule has 0 saturated carbocycles. The van der Waals surface area contributed by atoms with Crippen molar-refractivity contribution in [1.82, 2.24) is 9.80 Å². The first kappa shape index (κ1) is 21.1. The number of urea groups is 1. The normalized spacial score (nSPS) is 14.8. The van der Waals surface area contributed by atoms with Gasteiger partial charge >= 0.3 is 12.0 Å². The van der Waals surface area contributed by atoms with Crippen molar-refractivity contribution in [2.75, 3.05) is 25.5 Å². The van der Waals surface area contributed by atoms with E-state index in [9.17, 15) is 24.0 Å². The minimum atomic E-state index is -1.06. The van der Waals surface area contributed by atoms with Crippen LogP contribution in [0.1, 0.15) is 37.0 Å². The Morgan fingerprint density at radius 1 is 1.21 bits per heavy atom. The van der Waals surface area contributed by atoms with E-state index in [1.807, 2.05) is 0 Å². The summed E-state index contributed by atoms with van der Waals surface area (Å²) in [5.74, 6) is -1.68. The van der Waals surface area contributed by atoms with Crippen molar-refractivity contribution < 1.29 is 28.7 Å². The van der Waals surface area contributed by atoms with E-state index < -0.39 is 24.0 Å². The number of ether oxygens (including phenoxy) is 1. The number of nitrogens with one attached hydrogen (secondary N) is 1. The quantitative estimate of drug-likeness (QED) is 0.409. The molecule has 0 spiro atoms. The number of imide groups is 1. The van der Waals surface area contributed by atoms with Crippen molar-refractivity contribution in [2.45, 2.75) is 32.8 Å². The molecular formula is C19H23N3O6. The monoisotopic (exact) mass is 389 g/mol. The standard InChI is InChI=1S/C19H23N3O6/c1-12(23)14-7-4-5-8-15(14)20-18(26)13(2)28-17(25)9-6-10-22-16(24)11-21(3)19(22)27/h4-5,7-8,13H,6,9-11H2,1-3H3,(H,20,26)/t13-/m0/s1. The fraction of sp³-hybridized carbons (Fsp3) is 0.421. The molecule has 2 rings (SSSR count). The average molecular weight is 389 g/mol. The molecule has 1 aliphatic rings. The number of likely N-dealkylation sites (N-methyl/N-ethyl adjacent to an activating group) is 1. The highest BCUT2D eigenvalue weighted by atomic mass is 16.5. The first-order chi connectivity index (χ1) is 13.2. The highest BCUT2D eigenvalue weighted by Gasteiger charge is 2.33. The lowest BCUT2D eigenvalue weighted by Gasteiger charge is -2.16. The van der Waals surface area contributed by atoms with E-state index >= 15 is 0 Å². The first-order valence-electron chi connectivity index (χ1n) is 8.86. The van der Waals surface area contributed by atoms with Crippen molar-refractivity contribution in [2.24, 2.45) is 0 Å². The average Bonchev–Trinajstić information content (AvgIpc) is 2.87. The number of carbonyl (C=O) groups excluding carboxylic acids is 5. The van der Waals surface area contributed by atoms with Gasteiger partial charge in [-0.05, 0) is 32.4 Å². The molecule has 0 aliphatic carbocycles. The van der Waals surface area contributed by atoms with E-state index in [1.54, 1.807) is 24.3 Å². The fourth-order valence-electron chi connectivity index (χ4n) is 2.71. The molecule has 1 N–H and O–H groups in total. The zero-order valence-corrected chi connectivity index (χ0v) is 16.1.